The van der Waals surface area contributed by atoms with Crippen LogP contribution in [0.1, 0.15) is 35.3 Å². The number of benzene rings is 2. The largest absolute Gasteiger partial charge is 0.348 e. The van der Waals surface area contributed by atoms with E-state index in [-0.39, 0.29) is 17.9 Å². The van der Waals surface area contributed by atoms with Crippen LogP contribution in [0.25, 0.3) is 0 Å². The van der Waals surface area contributed by atoms with Crippen LogP contribution in [0.3, 0.4) is 0 Å². The average molecular weight is 365 g/mol. The van der Waals surface area contributed by atoms with Gasteiger partial charge in [-0.05, 0) is 31.0 Å². The molecule has 1 aliphatic heterocycles. The maximum Gasteiger partial charge on any atom is 0.253 e. The Labute approximate surface area is 161 Å². The molecule has 1 N–H and O–H groups in total. The van der Waals surface area contributed by atoms with E-state index < -0.39 is 0 Å². The summed E-state index contributed by atoms with van der Waals surface area (Å²) in [6.45, 7) is 5.28. The molecule has 0 radical (unpaired) electrons. The molecule has 2 aromatic carbocycles. The van der Waals surface area contributed by atoms with Crippen molar-refractivity contribution in [2.45, 2.75) is 19.4 Å². The number of rotatable bonds is 5. The molecule has 3 rings (SSSR count). The molecule has 0 aliphatic carbocycles. The molecule has 0 aromatic heterocycles. The lowest BCUT2D eigenvalue weighted by molar-refractivity contribution is -0.122. The zero-order chi connectivity index (χ0) is 19.1. The number of amides is 2. The highest BCUT2D eigenvalue weighted by atomic mass is 16.2. The summed E-state index contributed by atoms with van der Waals surface area (Å²) >= 11 is 0. The molecular weight excluding hydrogens is 338 g/mol. The molecule has 1 saturated heterocycles. The molecule has 2 amide bonds. The Bertz CT molecular complexity index is 749. The molecule has 5 nitrogen and oxygen atoms in total. The second-order valence-electron chi connectivity index (χ2n) is 6.99. The monoisotopic (exact) mass is 365 g/mol. The van der Waals surface area contributed by atoms with Crippen LogP contribution in [-0.2, 0) is 4.79 Å². The summed E-state index contributed by atoms with van der Waals surface area (Å²) in [6, 6.07) is 19.3. The molecular formula is C22H27N3O2. The smallest absolute Gasteiger partial charge is 0.253 e. The van der Waals surface area contributed by atoms with Gasteiger partial charge in [-0.1, -0.05) is 48.5 Å². The minimum absolute atomic E-state index is 0.0122. The van der Waals surface area contributed by atoms with Gasteiger partial charge in [0.1, 0.15) is 0 Å². The Morgan fingerprint density at radius 1 is 0.926 bits per heavy atom. The van der Waals surface area contributed by atoms with Gasteiger partial charge >= 0.3 is 0 Å². The number of nitrogens with zero attached hydrogens (tertiary/aromatic N) is 2. The molecule has 1 fully saturated rings. The zero-order valence-electron chi connectivity index (χ0n) is 15.8. The summed E-state index contributed by atoms with van der Waals surface area (Å²) in [4.78, 5) is 29.0. The van der Waals surface area contributed by atoms with E-state index in [1.165, 1.54) is 0 Å². The molecule has 1 heterocycles. The number of hydrogen-bond acceptors (Lipinski definition) is 3. The van der Waals surface area contributed by atoms with Crippen molar-refractivity contribution in [3.8, 4) is 0 Å². The number of nitrogens with one attached hydrogen (secondary N) is 1. The molecule has 27 heavy (non-hydrogen) atoms. The van der Waals surface area contributed by atoms with Crippen molar-refractivity contribution in [1.82, 2.24) is 15.1 Å². The molecule has 142 valence electrons. The van der Waals surface area contributed by atoms with E-state index >= 15 is 0 Å². The molecule has 1 aliphatic rings. The lowest BCUT2D eigenvalue weighted by Gasteiger charge is -2.22. The first-order valence-electron chi connectivity index (χ1n) is 9.54. The quantitative estimate of drug-likeness (QED) is 0.886. The summed E-state index contributed by atoms with van der Waals surface area (Å²) in [5, 5.41) is 3.06. The van der Waals surface area contributed by atoms with Crippen LogP contribution in [0.15, 0.2) is 60.7 Å². The van der Waals surface area contributed by atoms with Crippen LogP contribution in [-0.4, -0.2) is 54.3 Å². The van der Waals surface area contributed by atoms with E-state index in [0.29, 0.717) is 19.6 Å². The van der Waals surface area contributed by atoms with Gasteiger partial charge in [0.05, 0.1) is 12.6 Å². The molecule has 1 unspecified atom stereocenters. The standard InChI is InChI=1S/C22H27N3O2/c1-18(19-9-4-2-5-10-19)23-21(26)17-24-13-8-14-25(16-15-24)22(27)20-11-6-3-7-12-20/h2-7,9-12,18H,8,13-17H2,1H3,(H,23,26). The summed E-state index contributed by atoms with van der Waals surface area (Å²) < 4.78 is 0. The van der Waals surface area contributed by atoms with Crippen LogP contribution in [0.2, 0.25) is 0 Å². The van der Waals surface area contributed by atoms with E-state index in [0.717, 1.165) is 30.6 Å². The van der Waals surface area contributed by atoms with Crippen molar-refractivity contribution in [2.75, 3.05) is 32.7 Å². The fourth-order valence-electron chi connectivity index (χ4n) is 3.41. The normalized spacial score (nSPS) is 16.4. The summed E-state index contributed by atoms with van der Waals surface area (Å²) in [5.74, 6) is 0.0915. The highest BCUT2D eigenvalue weighted by molar-refractivity contribution is 5.94. The first kappa shape index (κ1) is 19.1. The average Bonchev–Trinajstić information content (AvgIpc) is 2.94. The van der Waals surface area contributed by atoms with Gasteiger partial charge in [0.2, 0.25) is 5.91 Å². The molecule has 5 heteroatoms. The fraction of sp³-hybridized carbons (Fsp3) is 0.364. The van der Waals surface area contributed by atoms with E-state index in [1.807, 2.05) is 72.5 Å². The van der Waals surface area contributed by atoms with Gasteiger partial charge in [0.25, 0.3) is 5.91 Å². The van der Waals surface area contributed by atoms with Crippen molar-refractivity contribution in [1.29, 1.82) is 0 Å². The number of carbonyl (C=O) groups excluding carboxylic acids is 2. The third kappa shape index (κ3) is 5.41. The van der Waals surface area contributed by atoms with Crippen molar-refractivity contribution in [3.05, 3.63) is 71.8 Å². The van der Waals surface area contributed by atoms with Crippen LogP contribution < -0.4 is 5.32 Å². The Kier molecular flexibility index (Phi) is 6.60. The topological polar surface area (TPSA) is 52.7 Å². The zero-order valence-corrected chi connectivity index (χ0v) is 15.8. The van der Waals surface area contributed by atoms with Gasteiger partial charge in [0.15, 0.2) is 0 Å². The van der Waals surface area contributed by atoms with Gasteiger partial charge in [-0.2, -0.15) is 0 Å². The SMILES string of the molecule is CC(NC(=O)CN1CCCN(C(=O)c2ccccc2)CC1)c1ccccc1. The third-order valence-corrected chi connectivity index (χ3v) is 4.94. The van der Waals surface area contributed by atoms with Crippen molar-refractivity contribution in [3.63, 3.8) is 0 Å². The molecule has 1 atom stereocenters. The van der Waals surface area contributed by atoms with Gasteiger partial charge in [-0.15, -0.1) is 0 Å². The Morgan fingerprint density at radius 3 is 2.30 bits per heavy atom. The summed E-state index contributed by atoms with van der Waals surface area (Å²) in [6.07, 6.45) is 0.875. The molecule has 0 saturated carbocycles. The van der Waals surface area contributed by atoms with Crippen molar-refractivity contribution in [2.24, 2.45) is 0 Å². The molecule has 0 spiro atoms. The fourth-order valence-corrected chi connectivity index (χ4v) is 3.41. The molecule has 0 bridgehead atoms. The van der Waals surface area contributed by atoms with E-state index in [4.69, 9.17) is 0 Å². The Hall–Kier alpha value is -2.66. The van der Waals surface area contributed by atoms with E-state index in [9.17, 15) is 9.59 Å². The van der Waals surface area contributed by atoms with Gasteiger partial charge in [-0.3, -0.25) is 14.5 Å². The first-order chi connectivity index (χ1) is 13.1. The van der Waals surface area contributed by atoms with Crippen LogP contribution in [0, 0.1) is 0 Å². The predicted molar refractivity (Wildman–Crippen MR) is 106 cm³/mol. The Morgan fingerprint density at radius 2 is 1.59 bits per heavy atom. The van der Waals surface area contributed by atoms with Gasteiger partial charge in [-0.25, -0.2) is 0 Å². The predicted octanol–water partition coefficient (Wildman–Crippen LogP) is 2.71. The van der Waals surface area contributed by atoms with Crippen molar-refractivity contribution < 1.29 is 9.59 Å². The minimum atomic E-state index is -0.0122. The minimum Gasteiger partial charge on any atom is -0.348 e. The lowest BCUT2D eigenvalue weighted by atomic mass is 10.1. The first-order valence-corrected chi connectivity index (χ1v) is 9.54. The second-order valence-corrected chi connectivity index (χ2v) is 6.99. The van der Waals surface area contributed by atoms with Gasteiger partial charge < -0.3 is 10.2 Å². The summed E-state index contributed by atoms with van der Waals surface area (Å²) in [5.41, 5.74) is 1.82. The highest BCUT2D eigenvalue weighted by Crippen LogP contribution is 2.12. The number of carbonyl (C=O) groups is 2. The lowest BCUT2D eigenvalue weighted by Crippen LogP contribution is -2.40. The maximum atomic E-state index is 12.6. The summed E-state index contributed by atoms with van der Waals surface area (Å²) in [7, 11) is 0. The van der Waals surface area contributed by atoms with Crippen LogP contribution >= 0.6 is 0 Å². The van der Waals surface area contributed by atoms with Crippen LogP contribution in [0.4, 0.5) is 0 Å². The van der Waals surface area contributed by atoms with E-state index in [2.05, 4.69) is 10.2 Å². The van der Waals surface area contributed by atoms with Crippen LogP contribution in [0.5, 0.6) is 0 Å². The van der Waals surface area contributed by atoms with Crippen molar-refractivity contribution >= 4 is 11.8 Å². The van der Waals surface area contributed by atoms with E-state index in [1.54, 1.807) is 0 Å². The molecule has 2 aromatic rings. The second kappa shape index (κ2) is 9.33. The highest BCUT2D eigenvalue weighted by Gasteiger charge is 2.21. The van der Waals surface area contributed by atoms with Gasteiger partial charge in [0, 0.05) is 31.7 Å². The maximum absolute atomic E-state index is 12.6. The number of hydrogen-bond donors (Lipinski definition) is 1. The third-order valence-electron chi connectivity index (χ3n) is 4.94. The Balaban J connectivity index is 1.49.